The van der Waals surface area contributed by atoms with Gasteiger partial charge in [-0.05, 0) is 43.2 Å². The molecule has 0 aromatic heterocycles. The Kier molecular flexibility index (Phi) is 7.03. The Balaban J connectivity index is 1.79. The van der Waals surface area contributed by atoms with Gasteiger partial charge in [-0.15, -0.1) is 0 Å². The topological polar surface area (TPSA) is 84.0 Å². The van der Waals surface area contributed by atoms with Crippen LogP contribution in [0.15, 0.2) is 47.4 Å². The molecule has 0 unspecified atom stereocenters. The number of fused-ring (bicyclic) bond motifs is 1. The summed E-state index contributed by atoms with van der Waals surface area (Å²) in [7, 11) is -3.86. The van der Waals surface area contributed by atoms with Gasteiger partial charge < -0.3 is 9.64 Å². The van der Waals surface area contributed by atoms with E-state index >= 15 is 0 Å². The maximum absolute atomic E-state index is 12.8. The van der Waals surface area contributed by atoms with E-state index in [1.54, 1.807) is 18.7 Å². The van der Waals surface area contributed by atoms with Gasteiger partial charge in [0.2, 0.25) is 10.0 Å². The summed E-state index contributed by atoms with van der Waals surface area (Å²) >= 11 is 6.11. The molecule has 0 aliphatic carbocycles. The van der Waals surface area contributed by atoms with E-state index in [1.807, 2.05) is 24.3 Å². The van der Waals surface area contributed by atoms with Crippen molar-refractivity contribution in [3.05, 3.63) is 58.6 Å². The van der Waals surface area contributed by atoms with Crippen LogP contribution < -0.4 is 4.90 Å². The molecule has 1 atom stereocenters. The Morgan fingerprint density at radius 2 is 1.84 bits per heavy atom. The van der Waals surface area contributed by atoms with Gasteiger partial charge in [0.15, 0.2) is 6.10 Å². The third kappa shape index (κ3) is 4.61. The van der Waals surface area contributed by atoms with Crippen molar-refractivity contribution in [1.82, 2.24) is 4.31 Å². The molecule has 2 aromatic carbocycles. The first kappa shape index (κ1) is 23.2. The molecule has 1 amide bonds. The highest BCUT2D eigenvalue weighted by atomic mass is 35.5. The summed E-state index contributed by atoms with van der Waals surface area (Å²) in [6, 6.07) is 11.5. The third-order valence-electron chi connectivity index (χ3n) is 5.27. The van der Waals surface area contributed by atoms with E-state index in [4.69, 9.17) is 16.3 Å². The van der Waals surface area contributed by atoms with Crippen molar-refractivity contribution in [2.24, 2.45) is 0 Å². The number of hydrogen-bond acceptors (Lipinski definition) is 5. The molecule has 166 valence electrons. The van der Waals surface area contributed by atoms with Gasteiger partial charge in [-0.1, -0.05) is 43.6 Å². The van der Waals surface area contributed by atoms with E-state index < -0.39 is 22.1 Å². The summed E-state index contributed by atoms with van der Waals surface area (Å²) in [5, 5.41) is 0.0150. The van der Waals surface area contributed by atoms with Crippen LogP contribution in [-0.2, 0) is 26.0 Å². The van der Waals surface area contributed by atoms with Gasteiger partial charge in [0, 0.05) is 25.3 Å². The number of rotatable bonds is 7. The average molecular weight is 465 g/mol. The first-order valence-corrected chi connectivity index (χ1v) is 11.9. The van der Waals surface area contributed by atoms with E-state index in [2.05, 4.69) is 0 Å². The minimum absolute atomic E-state index is 0.0107. The zero-order valence-corrected chi connectivity index (χ0v) is 19.2. The number of ether oxygens (including phenoxy) is 1. The number of carbonyl (C=O) groups is 2. The summed E-state index contributed by atoms with van der Waals surface area (Å²) in [6.45, 7) is 6.00. The monoisotopic (exact) mass is 464 g/mol. The quantitative estimate of drug-likeness (QED) is 0.585. The van der Waals surface area contributed by atoms with Crippen molar-refractivity contribution in [2.75, 3.05) is 24.5 Å². The van der Waals surface area contributed by atoms with Gasteiger partial charge in [0.25, 0.3) is 5.91 Å². The van der Waals surface area contributed by atoms with Crippen LogP contribution in [0.25, 0.3) is 0 Å². The highest BCUT2D eigenvalue weighted by molar-refractivity contribution is 7.89. The van der Waals surface area contributed by atoms with E-state index in [0.29, 0.717) is 6.54 Å². The molecule has 0 fully saturated rings. The molecule has 0 saturated carbocycles. The van der Waals surface area contributed by atoms with Crippen LogP contribution in [-0.4, -0.2) is 50.3 Å². The summed E-state index contributed by atoms with van der Waals surface area (Å²) in [5.74, 6) is -1.12. The number of sulfonamides is 1. The molecule has 0 N–H and O–H groups in total. The molecule has 1 aliphatic heterocycles. The second-order valence-electron chi connectivity index (χ2n) is 7.15. The number of nitrogens with zero attached hydrogens (tertiary/aromatic N) is 2. The normalized spacial score (nSPS) is 14.4. The smallest absolute Gasteiger partial charge is 0.338 e. The minimum Gasteiger partial charge on any atom is -0.449 e. The molecule has 0 radical (unpaired) electrons. The van der Waals surface area contributed by atoms with Crippen molar-refractivity contribution in [1.29, 1.82) is 0 Å². The molecule has 1 aliphatic rings. The van der Waals surface area contributed by atoms with Crippen LogP contribution in [0, 0.1) is 0 Å². The maximum atomic E-state index is 12.8. The van der Waals surface area contributed by atoms with Crippen LogP contribution in [0.4, 0.5) is 5.69 Å². The molecule has 0 bridgehead atoms. The number of benzene rings is 2. The zero-order chi connectivity index (χ0) is 22.8. The Bertz CT molecular complexity index is 1100. The number of halogens is 1. The Hall–Kier alpha value is -2.42. The van der Waals surface area contributed by atoms with E-state index in [0.717, 1.165) is 17.7 Å². The van der Waals surface area contributed by atoms with Gasteiger partial charge in [-0.25, -0.2) is 13.2 Å². The second kappa shape index (κ2) is 9.38. The van der Waals surface area contributed by atoms with Gasteiger partial charge in [0.05, 0.1) is 10.6 Å². The highest BCUT2D eigenvalue weighted by Gasteiger charge is 2.31. The zero-order valence-electron chi connectivity index (χ0n) is 17.7. The molecule has 9 heteroatoms. The molecule has 0 spiro atoms. The van der Waals surface area contributed by atoms with Gasteiger partial charge in [0.1, 0.15) is 4.90 Å². The first-order valence-electron chi connectivity index (χ1n) is 10.1. The van der Waals surface area contributed by atoms with E-state index in [1.165, 1.54) is 29.4 Å². The van der Waals surface area contributed by atoms with E-state index in [9.17, 15) is 18.0 Å². The van der Waals surface area contributed by atoms with Crippen molar-refractivity contribution in [3.63, 3.8) is 0 Å². The second-order valence-corrected chi connectivity index (χ2v) is 9.46. The Morgan fingerprint density at radius 1 is 1.16 bits per heavy atom. The first-order chi connectivity index (χ1) is 14.7. The molecular formula is C22H25ClN2O5S. The van der Waals surface area contributed by atoms with Crippen molar-refractivity contribution >= 4 is 39.2 Å². The predicted molar refractivity (Wildman–Crippen MR) is 119 cm³/mol. The van der Waals surface area contributed by atoms with E-state index in [-0.39, 0.29) is 34.5 Å². The lowest BCUT2D eigenvalue weighted by Crippen LogP contribution is -2.39. The lowest BCUT2D eigenvalue weighted by molar-refractivity contribution is -0.126. The maximum Gasteiger partial charge on any atom is 0.338 e. The lowest BCUT2D eigenvalue weighted by atomic mass is 10.2. The fourth-order valence-electron chi connectivity index (χ4n) is 3.60. The van der Waals surface area contributed by atoms with Crippen LogP contribution in [0.3, 0.4) is 0 Å². The average Bonchev–Trinajstić information content (AvgIpc) is 3.18. The van der Waals surface area contributed by atoms with Crippen molar-refractivity contribution in [2.45, 2.75) is 38.2 Å². The van der Waals surface area contributed by atoms with Crippen molar-refractivity contribution in [3.8, 4) is 0 Å². The number of carbonyl (C=O) groups excluding carboxylic acids is 2. The fraction of sp³-hybridized carbons (Fsp3) is 0.364. The van der Waals surface area contributed by atoms with Crippen LogP contribution in [0.1, 0.15) is 36.7 Å². The molecule has 2 aromatic rings. The largest absolute Gasteiger partial charge is 0.449 e. The lowest BCUT2D eigenvalue weighted by Gasteiger charge is -2.22. The Labute approximate surface area is 187 Å². The standard InChI is InChI=1S/C22H25ClN2O5S/c1-4-24(5-2)31(28,29)20-14-17(10-11-18(20)23)22(27)30-15(3)21(26)25-13-12-16-8-6-7-9-19(16)25/h6-11,14-15H,4-5,12-13H2,1-3H3/t15-/m1/s1. The van der Waals surface area contributed by atoms with Crippen LogP contribution in [0.2, 0.25) is 5.02 Å². The summed E-state index contributed by atoms with van der Waals surface area (Å²) < 4.78 is 32.3. The summed E-state index contributed by atoms with van der Waals surface area (Å²) in [5.41, 5.74) is 1.89. The third-order valence-corrected chi connectivity index (χ3v) is 7.81. The minimum atomic E-state index is -3.86. The number of para-hydroxylation sites is 1. The molecular weight excluding hydrogens is 440 g/mol. The predicted octanol–water partition coefficient (Wildman–Crippen LogP) is 3.51. The molecule has 1 heterocycles. The highest BCUT2D eigenvalue weighted by Crippen LogP contribution is 2.29. The summed E-state index contributed by atoms with van der Waals surface area (Å²) in [4.78, 5) is 27.0. The molecule has 31 heavy (non-hydrogen) atoms. The summed E-state index contributed by atoms with van der Waals surface area (Å²) in [6.07, 6.45) is -0.288. The number of hydrogen-bond donors (Lipinski definition) is 0. The Morgan fingerprint density at radius 3 is 2.52 bits per heavy atom. The van der Waals surface area contributed by atoms with Gasteiger partial charge in [-0.2, -0.15) is 4.31 Å². The number of esters is 1. The molecule has 0 saturated heterocycles. The van der Waals surface area contributed by atoms with Gasteiger partial charge in [-0.3, -0.25) is 4.79 Å². The van der Waals surface area contributed by atoms with Crippen molar-refractivity contribution < 1.29 is 22.7 Å². The van der Waals surface area contributed by atoms with Gasteiger partial charge >= 0.3 is 5.97 Å². The fourth-order valence-corrected chi connectivity index (χ4v) is 5.55. The van der Waals surface area contributed by atoms with Crippen LogP contribution >= 0.6 is 11.6 Å². The molecule has 3 rings (SSSR count). The number of amides is 1. The number of anilines is 1. The van der Waals surface area contributed by atoms with Crippen LogP contribution in [0.5, 0.6) is 0 Å². The molecule has 7 nitrogen and oxygen atoms in total. The SMILES string of the molecule is CCN(CC)S(=O)(=O)c1cc(C(=O)O[C@H](C)C(=O)N2CCc3ccccc32)ccc1Cl.